The van der Waals surface area contributed by atoms with Crippen LogP contribution in [0.5, 0.6) is 0 Å². The van der Waals surface area contributed by atoms with Gasteiger partial charge in [0, 0.05) is 18.3 Å². The van der Waals surface area contributed by atoms with Gasteiger partial charge in [-0.15, -0.1) is 0 Å². The summed E-state index contributed by atoms with van der Waals surface area (Å²) in [4.78, 5) is 4.25. The van der Waals surface area contributed by atoms with Crippen LogP contribution in [-0.4, -0.2) is 9.55 Å². The van der Waals surface area contributed by atoms with E-state index in [9.17, 15) is 0 Å². The SMILES string of the molecule is CC(N)c1cncn1C1CC2CCC1C2. The molecule has 4 unspecified atom stereocenters. The minimum absolute atomic E-state index is 0.103. The summed E-state index contributed by atoms with van der Waals surface area (Å²) in [7, 11) is 0. The summed E-state index contributed by atoms with van der Waals surface area (Å²) in [6.45, 7) is 2.04. The van der Waals surface area contributed by atoms with Crippen molar-refractivity contribution in [3.63, 3.8) is 0 Å². The molecule has 1 aromatic rings. The Morgan fingerprint density at radius 1 is 1.47 bits per heavy atom. The van der Waals surface area contributed by atoms with E-state index in [4.69, 9.17) is 5.73 Å². The van der Waals surface area contributed by atoms with E-state index in [1.165, 1.54) is 31.4 Å². The maximum Gasteiger partial charge on any atom is 0.0951 e. The third-order valence-corrected chi connectivity index (χ3v) is 4.22. The molecule has 2 saturated carbocycles. The molecule has 15 heavy (non-hydrogen) atoms. The molecule has 0 saturated heterocycles. The van der Waals surface area contributed by atoms with Gasteiger partial charge in [-0.3, -0.25) is 0 Å². The fourth-order valence-corrected chi connectivity index (χ4v) is 3.50. The molecule has 2 N–H and O–H groups in total. The molecular weight excluding hydrogens is 186 g/mol. The van der Waals surface area contributed by atoms with Crippen LogP contribution in [0, 0.1) is 11.8 Å². The van der Waals surface area contributed by atoms with Gasteiger partial charge in [-0.2, -0.15) is 0 Å². The van der Waals surface area contributed by atoms with Crippen molar-refractivity contribution in [1.82, 2.24) is 9.55 Å². The monoisotopic (exact) mass is 205 g/mol. The number of nitrogens with zero attached hydrogens (tertiary/aromatic N) is 2. The third kappa shape index (κ3) is 1.41. The highest BCUT2D eigenvalue weighted by molar-refractivity contribution is 5.08. The number of hydrogen-bond acceptors (Lipinski definition) is 2. The van der Waals surface area contributed by atoms with Crippen LogP contribution in [0.15, 0.2) is 12.5 Å². The molecule has 3 rings (SSSR count). The van der Waals surface area contributed by atoms with E-state index in [-0.39, 0.29) is 6.04 Å². The van der Waals surface area contributed by atoms with Gasteiger partial charge in [-0.1, -0.05) is 6.42 Å². The maximum absolute atomic E-state index is 5.96. The van der Waals surface area contributed by atoms with Crippen molar-refractivity contribution in [3.05, 3.63) is 18.2 Å². The molecule has 0 radical (unpaired) electrons. The van der Waals surface area contributed by atoms with E-state index < -0.39 is 0 Å². The molecule has 2 aliphatic carbocycles. The van der Waals surface area contributed by atoms with Crippen LogP contribution in [0.25, 0.3) is 0 Å². The molecule has 0 spiro atoms. The Morgan fingerprint density at radius 3 is 2.93 bits per heavy atom. The van der Waals surface area contributed by atoms with E-state index >= 15 is 0 Å². The molecule has 1 heterocycles. The summed E-state index contributed by atoms with van der Waals surface area (Å²) < 4.78 is 2.34. The summed E-state index contributed by atoms with van der Waals surface area (Å²) >= 11 is 0. The lowest BCUT2D eigenvalue weighted by molar-refractivity contribution is 0.320. The minimum atomic E-state index is 0.103. The van der Waals surface area contributed by atoms with Crippen LogP contribution >= 0.6 is 0 Å². The van der Waals surface area contributed by atoms with Crippen molar-refractivity contribution in [3.8, 4) is 0 Å². The van der Waals surface area contributed by atoms with E-state index in [1.54, 1.807) is 0 Å². The molecule has 82 valence electrons. The van der Waals surface area contributed by atoms with Crippen LogP contribution in [0.3, 0.4) is 0 Å². The molecule has 3 nitrogen and oxygen atoms in total. The van der Waals surface area contributed by atoms with Crippen LogP contribution in [-0.2, 0) is 0 Å². The highest BCUT2D eigenvalue weighted by Crippen LogP contribution is 2.51. The number of imidazole rings is 1. The molecule has 2 fully saturated rings. The number of hydrogen-bond donors (Lipinski definition) is 1. The largest absolute Gasteiger partial charge is 0.330 e. The zero-order valence-corrected chi connectivity index (χ0v) is 9.26. The summed E-state index contributed by atoms with van der Waals surface area (Å²) in [5.74, 6) is 1.87. The van der Waals surface area contributed by atoms with Crippen molar-refractivity contribution in [2.24, 2.45) is 17.6 Å². The van der Waals surface area contributed by atoms with Crippen molar-refractivity contribution in [2.45, 2.75) is 44.7 Å². The molecule has 4 atom stereocenters. The van der Waals surface area contributed by atoms with Gasteiger partial charge in [-0.25, -0.2) is 4.98 Å². The molecular formula is C12H19N3. The van der Waals surface area contributed by atoms with Gasteiger partial charge >= 0.3 is 0 Å². The van der Waals surface area contributed by atoms with Crippen molar-refractivity contribution < 1.29 is 0 Å². The number of nitrogens with two attached hydrogens (primary N) is 1. The molecule has 1 aromatic heterocycles. The van der Waals surface area contributed by atoms with Gasteiger partial charge in [-0.05, 0) is 38.0 Å². The zero-order chi connectivity index (χ0) is 10.4. The van der Waals surface area contributed by atoms with Crippen LogP contribution in [0.2, 0.25) is 0 Å². The van der Waals surface area contributed by atoms with Gasteiger partial charge in [0.25, 0.3) is 0 Å². The quantitative estimate of drug-likeness (QED) is 0.805. The molecule has 0 aliphatic heterocycles. The van der Waals surface area contributed by atoms with Crippen LogP contribution in [0.4, 0.5) is 0 Å². The fourth-order valence-electron chi connectivity index (χ4n) is 3.50. The first-order valence-corrected chi connectivity index (χ1v) is 6.03. The molecule has 2 aliphatic rings. The third-order valence-electron chi connectivity index (χ3n) is 4.22. The Kier molecular flexibility index (Phi) is 2.09. The second-order valence-corrected chi connectivity index (χ2v) is 5.26. The predicted octanol–water partition coefficient (Wildman–Crippen LogP) is 2.26. The van der Waals surface area contributed by atoms with Crippen LogP contribution < -0.4 is 5.73 Å². The summed E-state index contributed by atoms with van der Waals surface area (Å²) in [6, 6.07) is 0.791. The first kappa shape index (κ1) is 9.40. The standard InChI is InChI=1S/C12H19N3/c1-8(13)12-6-14-7-15(12)11-5-9-2-3-10(11)4-9/h6-11H,2-5,13H2,1H3. The van der Waals surface area contributed by atoms with E-state index in [0.29, 0.717) is 6.04 Å². The Labute approximate surface area is 90.7 Å². The lowest BCUT2D eigenvalue weighted by Crippen LogP contribution is -2.20. The lowest BCUT2D eigenvalue weighted by Gasteiger charge is -2.25. The smallest absolute Gasteiger partial charge is 0.0951 e. The van der Waals surface area contributed by atoms with Gasteiger partial charge in [0.2, 0.25) is 0 Å². The lowest BCUT2D eigenvalue weighted by atomic mass is 9.95. The number of aromatic nitrogens is 2. The van der Waals surface area contributed by atoms with E-state index in [2.05, 4.69) is 9.55 Å². The summed E-state index contributed by atoms with van der Waals surface area (Å²) in [6.07, 6.45) is 9.54. The molecule has 0 aromatic carbocycles. The van der Waals surface area contributed by atoms with Crippen molar-refractivity contribution in [1.29, 1.82) is 0 Å². The Morgan fingerprint density at radius 2 is 2.33 bits per heavy atom. The van der Waals surface area contributed by atoms with Crippen LogP contribution in [0.1, 0.15) is 50.4 Å². The zero-order valence-electron chi connectivity index (χ0n) is 9.26. The second-order valence-electron chi connectivity index (χ2n) is 5.26. The topological polar surface area (TPSA) is 43.8 Å². The molecule has 3 heteroatoms. The van der Waals surface area contributed by atoms with Gasteiger partial charge in [0.15, 0.2) is 0 Å². The van der Waals surface area contributed by atoms with Gasteiger partial charge < -0.3 is 10.3 Å². The first-order chi connectivity index (χ1) is 7.25. The molecule has 0 amide bonds. The highest BCUT2D eigenvalue weighted by Gasteiger charge is 2.40. The average Bonchev–Trinajstić information content (AvgIpc) is 2.92. The second kappa shape index (κ2) is 3.34. The van der Waals surface area contributed by atoms with Crippen molar-refractivity contribution in [2.75, 3.05) is 0 Å². The summed E-state index contributed by atoms with van der Waals surface area (Å²) in [5.41, 5.74) is 7.17. The number of rotatable bonds is 2. The maximum atomic E-state index is 5.96. The predicted molar refractivity (Wildman–Crippen MR) is 59.3 cm³/mol. The van der Waals surface area contributed by atoms with Crippen molar-refractivity contribution >= 4 is 0 Å². The fraction of sp³-hybridized carbons (Fsp3) is 0.750. The number of fused-ring (bicyclic) bond motifs is 2. The van der Waals surface area contributed by atoms with Gasteiger partial charge in [0.05, 0.1) is 12.0 Å². The van der Waals surface area contributed by atoms with E-state index in [0.717, 1.165) is 11.8 Å². The average molecular weight is 205 g/mol. The Bertz CT molecular complexity index is 356. The normalized spacial score (nSPS) is 36.0. The summed E-state index contributed by atoms with van der Waals surface area (Å²) in [5, 5.41) is 0. The Balaban J connectivity index is 1.90. The first-order valence-electron chi connectivity index (χ1n) is 6.03. The highest BCUT2D eigenvalue weighted by atomic mass is 15.1. The molecule has 2 bridgehead atoms. The Hall–Kier alpha value is -0.830. The van der Waals surface area contributed by atoms with E-state index in [1.807, 2.05) is 19.4 Å². The van der Waals surface area contributed by atoms with Gasteiger partial charge in [0.1, 0.15) is 0 Å². The minimum Gasteiger partial charge on any atom is -0.330 e.